The zero-order valence-corrected chi connectivity index (χ0v) is 27.8. The minimum absolute atomic E-state index is 0.303. The van der Waals surface area contributed by atoms with Crippen molar-refractivity contribution in [2.24, 2.45) is 0 Å². The van der Waals surface area contributed by atoms with E-state index in [1.165, 1.54) is 0 Å². The molecule has 0 aliphatic heterocycles. The lowest BCUT2D eigenvalue weighted by atomic mass is 10.2. The smallest absolute Gasteiger partial charge is 0.375 e. The highest BCUT2D eigenvalue weighted by Gasteiger charge is 2.45. The third-order valence-corrected chi connectivity index (χ3v) is 8.09. The van der Waals surface area contributed by atoms with Gasteiger partial charge in [0.25, 0.3) is 0 Å². The van der Waals surface area contributed by atoms with Crippen LogP contribution in [-0.2, 0) is 27.2 Å². The minimum Gasteiger partial charge on any atom is -0.375 e. The summed E-state index contributed by atoms with van der Waals surface area (Å²) in [6.07, 6.45) is 36.6. The summed E-state index contributed by atoms with van der Waals surface area (Å²) < 4.78 is 36.3. The number of unbranched alkanes of at least 4 members (excludes halogenated alkanes) is 8. The average molecular weight is 617 g/mol. The summed E-state index contributed by atoms with van der Waals surface area (Å²) in [7, 11) is -3.48. The van der Waals surface area contributed by atoms with Crippen molar-refractivity contribution in [2.75, 3.05) is 52.9 Å². The molecule has 0 bridgehead atoms. The molecule has 0 rings (SSSR count). The summed E-state index contributed by atoms with van der Waals surface area (Å²) in [4.78, 5) is 0. The Morgan fingerprint density at radius 3 is 1.00 bits per heavy atom. The van der Waals surface area contributed by atoms with E-state index in [1.54, 1.807) is 0 Å². The van der Waals surface area contributed by atoms with E-state index in [0.29, 0.717) is 52.9 Å². The van der Waals surface area contributed by atoms with Gasteiger partial charge in [0.2, 0.25) is 0 Å². The normalized spacial score (nSPS) is 13.4. The van der Waals surface area contributed by atoms with Gasteiger partial charge in [0.15, 0.2) is 0 Å². The Morgan fingerprint density at radius 1 is 0.349 bits per heavy atom. The molecule has 43 heavy (non-hydrogen) atoms. The van der Waals surface area contributed by atoms with Crippen molar-refractivity contribution in [1.29, 1.82) is 0 Å². The molecule has 0 saturated heterocycles. The molecule has 244 valence electrons. The van der Waals surface area contributed by atoms with Crippen molar-refractivity contribution < 1.29 is 27.2 Å². The van der Waals surface area contributed by atoms with E-state index >= 15 is 0 Å². The molecule has 0 saturated carbocycles. The first-order chi connectivity index (χ1) is 21.2. The summed E-state index contributed by atoms with van der Waals surface area (Å²) in [5.41, 5.74) is 0. The highest BCUT2D eigenvalue weighted by atomic mass is 28.4. The van der Waals surface area contributed by atoms with Crippen molar-refractivity contribution in [2.45, 2.75) is 77.0 Å². The summed E-state index contributed by atoms with van der Waals surface area (Å²) in [6.45, 7) is 18.2. The van der Waals surface area contributed by atoms with Gasteiger partial charge in [0.1, 0.15) is 0 Å². The number of ether oxygens (including phenoxy) is 2. The van der Waals surface area contributed by atoms with Crippen molar-refractivity contribution in [3.8, 4) is 0 Å². The molecule has 0 fully saturated rings. The molecule has 0 atom stereocenters. The number of allylic oxidation sites excluding steroid dienone is 8. The monoisotopic (exact) mass is 616 g/mol. The molecule has 0 radical (unpaired) electrons. The number of hydrogen-bond donors (Lipinski definition) is 0. The SMILES string of the molecule is C=CCCCC=CCOCCO[Si](OCC=CCCCC=C)(OCC=CCCCC=C)OCCOCC=CCCCC=C. The van der Waals surface area contributed by atoms with Crippen molar-refractivity contribution in [3.05, 3.63) is 99.2 Å². The molecule has 0 amide bonds. The number of rotatable bonds is 34. The van der Waals surface area contributed by atoms with Crippen molar-refractivity contribution in [1.82, 2.24) is 0 Å². The molecule has 0 aromatic carbocycles. The molecular weight excluding hydrogens is 556 g/mol. The fourth-order valence-electron chi connectivity index (χ4n) is 3.57. The van der Waals surface area contributed by atoms with Crippen LogP contribution in [-0.4, -0.2) is 61.9 Å². The lowest BCUT2D eigenvalue weighted by Gasteiger charge is -2.27. The molecular formula is C36H60O6Si. The molecule has 0 aliphatic rings. The van der Waals surface area contributed by atoms with E-state index in [9.17, 15) is 0 Å². The van der Waals surface area contributed by atoms with Gasteiger partial charge < -0.3 is 27.2 Å². The second-order valence-corrected chi connectivity index (χ2v) is 11.9. The van der Waals surface area contributed by atoms with E-state index < -0.39 is 9.05 Å². The Bertz CT molecular complexity index is 710. The van der Waals surface area contributed by atoms with Gasteiger partial charge in [-0.2, -0.15) is 0 Å². The Labute approximate surface area is 265 Å². The van der Waals surface area contributed by atoms with Crippen LogP contribution < -0.4 is 0 Å². The van der Waals surface area contributed by atoms with Gasteiger partial charge in [0.05, 0.1) is 52.9 Å². The maximum Gasteiger partial charge on any atom is 0.680 e. The van der Waals surface area contributed by atoms with E-state index in [0.717, 1.165) is 77.0 Å². The maximum atomic E-state index is 6.21. The lowest BCUT2D eigenvalue weighted by Crippen LogP contribution is -2.50. The van der Waals surface area contributed by atoms with Crippen LogP contribution in [0.1, 0.15) is 77.0 Å². The Hall–Kier alpha value is -2.10. The molecule has 0 unspecified atom stereocenters. The van der Waals surface area contributed by atoms with Gasteiger partial charge >= 0.3 is 9.05 Å². The minimum atomic E-state index is -3.48. The third-order valence-electron chi connectivity index (χ3n) is 5.94. The predicted octanol–water partition coefficient (Wildman–Crippen LogP) is 9.17. The Kier molecular flexibility index (Phi) is 32.7. The molecule has 0 aromatic rings. The second kappa shape index (κ2) is 34.4. The highest BCUT2D eigenvalue weighted by Crippen LogP contribution is 2.14. The van der Waals surface area contributed by atoms with E-state index in [-0.39, 0.29) is 0 Å². The lowest BCUT2D eigenvalue weighted by molar-refractivity contribution is -0.0436. The molecule has 6 nitrogen and oxygen atoms in total. The number of hydrogen-bond acceptors (Lipinski definition) is 6. The van der Waals surface area contributed by atoms with Crippen LogP contribution in [0.3, 0.4) is 0 Å². The van der Waals surface area contributed by atoms with Crippen molar-refractivity contribution >= 4 is 9.05 Å². The van der Waals surface area contributed by atoms with Gasteiger partial charge in [-0.3, -0.25) is 0 Å². The van der Waals surface area contributed by atoms with Crippen molar-refractivity contribution in [3.63, 3.8) is 0 Å². The van der Waals surface area contributed by atoms with Crippen LogP contribution in [0, 0.1) is 0 Å². The summed E-state index contributed by atoms with van der Waals surface area (Å²) in [6, 6.07) is 0. The molecule has 0 N–H and O–H groups in total. The summed E-state index contributed by atoms with van der Waals surface area (Å²) >= 11 is 0. The topological polar surface area (TPSA) is 55.4 Å². The van der Waals surface area contributed by atoms with Gasteiger partial charge in [0, 0.05) is 0 Å². The Morgan fingerprint density at radius 2 is 0.674 bits per heavy atom. The van der Waals surface area contributed by atoms with E-state index in [2.05, 4.69) is 50.6 Å². The van der Waals surface area contributed by atoms with Crippen LogP contribution in [0.2, 0.25) is 0 Å². The first-order valence-corrected chi connectivity index (χ1v) is 17.6. The van der Waals surface area contributed by atoms with Crippen LogP contribution >= 0.6 is 0 Å². The van der Waals surface area contributed by atoms with Crippen LogP contribution in [0.15, 0.2) is 99.2 Å². The van der Waals surface area contributed by atoms with Crippen LogP contribution in [0.25, 0.3) is 0 Å². The molecule has 7 heteroatoms. The van der Waals surface area contributed by atoms with Gasteiger partial charge in [-0.1, -0.05) is 72.9 Å². The first kappa shape index (κ1) is 40.9. The largest absolute Gasteiger partial charge is 0.680 e. The van der Waals surface area contributed by atoms with Gasteiger partial charge in [-0.25, -0.2) is 0 Å². The highest BCUT2D eigenvalue weighted by molar-refractivity contribution is 6.53. The maximum absolute atomic E-state index is 6.21. The quantitative estimate of drug-likeness (QED) is 0.0408. The Balaban J connectivity index is 5.06. The van der Waals surface area contributed by atoms with E-state index in [4.69, 9.17) is 27.2 Å². The van der Waals surface area contributed by atoms with Crippen LogP contribution in [0.5, 0.6) is 0 Å². The molecule has 0 aromatic heterocycles. The fourth-order valence-corrected chi connectivity index (χ4v) is 5.34. The summed E-state index contributed by atoms with van der Waals surface area (Å²) in [5, 5.41) is 0. The zero-order valence-electron chi connectivity index (χ0n) is 26.8. The summed E-state index contributed by atoms with van der Waals surface area (Å²) in [5.74, 6) is 0. The van der Waals surface area contributed by atoms with Gasteiger partial charge in [-0.15, -0.1) is 26.3 Å². The average Bonchev–Trinajstić information content (AvgIpc) is 3.02. The molecule has 0 spiro atoms. The first-order valence-electron chi connectivity index (χ1n) is 16.0. The molecule has 0 heterocycles. The fraction of sp³-hybridized carbons (Fsp3) is 0.556. The second-order valence-electron chi connectivity index (χ2n) is 9.73. The third kappa shape index (κ3) is 29.7. The van der Waals surface area contributed by atoms with Crippen LogP contribution in [0.4, 0.5) is 0 Å². The standard InChI is InChI=1S/C36H60O6Si/c1-5-9-13-17-21-25-29-37-33-35-41-43(39-31-27-23-19-15-11-7-3,40-32-28-24-20-16-12-8-4)42-36-34-38-30-26-22-18-14-10-6-2/h5-8,21-28H,1-4,9-20,29-36H2. The zero-order chi connectivity index (χ0) is 31.4. The van der Waals surface area contributed by atoms with Gasteiger partial charge in [-0.05, 0) is 77.0 Å². The predicted molar refractivity (Wildman–Crippen MR) is 184 cm³/mol. The van der Waals surface area contributed by atoms with E-state index in [1.807, 2.05) is 48.6 Å². The molecule has 0 aliphatic carbocycles.